The van der Waals surface area contributed by atoms with Gasteiger partial charge in [-0.05, 0) is 77.0 Å². The fourth-order valence-corrected chi connectivity index (χ4v) is 6.32. The summed E-state index contributed by atoms with van der Waals surface area (Å²) in [6.07, 6.45) is 36.7. The maximum atomic E-state index is 12.6. The first-order valence-electron chi connectivity index (χ1n) is 20.7. The summed E-state index contributed by atoms with van der Waals surface area (Å²) < 4.78 is 38.4. The molecule has 1 aliphatic rings. The van der Waals surface area contributed by atoms with Crippen LogP contribution in [-0.2, 0) is 37.4 Å². The second-order valence-corrected chi connectivity index (χ2v) is 15.5. The molecule has 11 nitrogen and oxygen atoms in total. The monoisotopic (exact) mass is 784 g/mol. The zero-order chi connectivity index (χ0) is 39.5. The summed E-state index contributed by atoms with van der Waals surface area (Å²) in [5.74, 6) is -0.997. The summed E-state index contributed by atoms with van der Waals surface area (Å²) >= 11 is 0. The zero-order valence-electron chi connectivity index (χ0n) is 33.4. The number of carbonyl (C=O) groups excluding carboxylic acids is 2. The van der Waals surface area contributed by atoms with Gasteiger partial charge >= 0.3 is 19.8 Å². The number of rotatable bonds is 37. The second-order valence-electron chi connectivity index (χ2n) is 14.0. The van der Waals surface area contributed by atoms with Gasteiger partial charge in [0.15, 0.2) is 6.10 Å². The number of hydrogen-bond acceptors (Lipinski definition) is 10. The van der Waals surface area contributed by atoms with Crippen molar-refractivity contribution in [2.75, 3.05) is 26.4 Å². The summed E-state index contributed by atoms with van der Waals surface area (Å²) in [5.41, 5.74) is 0. The van der Waals surface area contributed by atoms with Crippen LogP contribution in [0.5, 0.6) is 0 Å². The van der Waals surface area contributed by atoms with Gasteiger partial charge in [0.05, 0.1) is 32.0 Å². The van der Waals surface area contributed by atoms with Crippen LogP contribution in [0.25, 0.3) is 0 Å². The third-order valence-corrected chi connectivity index (χ3v) is 9.83. The lowest BCUT2D eigenvalue weighted by Gasteiger charge is -2.20. The number of aliphatic hydroxyl groups excluding tert-OH is 2. The summed E-state index contributed by atoms with van der Waals surface area (Å²) in [7, 11) is -4.63. The van der Waals surface area contributed by atoms with Crippen LogP contribution in [-0.4, -0.2) is 77.9 Å². The molecule has 0 bridgehead atoms. The Morgan fingerprint density at radius 3 is 1.85 bits per heavy atom. The molecule has 312 valence electrons. The lowest BCUT2D eigenvalue weighted by atomic mass is 10.1. The van der Waals surface area contributed by atoms with Crippen molar-refractivity contribution in [3.8, 4) is 0 Å². The van der Waals surface area contributed by atoms with Crippen molar-refractivity contribution in [2.45, 2.75) is 180 Å². The van der Waals surface area contributed by atoms with Crippen molar-refractivity contribution in [3.05, 3.63) is 48.6 Å². The molecular weight excluding hydrogens is 711 g/mol. The lowest BCUT2D eigenvalue weighted by molar-refractivity contribution is -0.161. The van der Waals surface area contributed by atoms with Crippen LogP contribution in [0.3, 0.4) is 0 Å². The standard InChI is InChI=1S/C42H73O11P/c1-3-5-7-9-11-12-13-14-15-16-17-18-19-23-27-31-41(45)49-35-38(36-51-54(47,48)50-34-37(44)33-43)52-42(46)32-28-24-20-22-26-30-40-39(53-40)29-25-21-10-8-6-4-2/h11-12,14-15,17-18,21,25,37-40,43-44H,3-10,13,16,19-20,22-24,26-36H2,1-2H3,(H,47,48)/b12-11-,15-14-,18-17-,25-21-/t37-,38+,39?,40?/m0/s1. The van der Waals surface area contributed by atoms with E-state index in [1.54, 1.807) is 0 Å². The highest BCUT2D eigenvalue weighted by molar-refractivity contribution is 7.47. The Balaban J connectivity index is 2.31. The molecule has 5 atom stereocenters. The molecule has 0 amide bonds. The number of unbranched alkanes of at least 4 members (excludes halogenated alkanes) is 12. The number of carbonyl (C=O) groups is 2. The van der Waals surface area contributed by atoms with Gasteiger partial charge in [0.1, 0.15) is 12.7 Å². The molecule has 1 heterocycles. The van der Waals surface area contributed by atoms with E-state index in [1.807, 2.05) is 0 Å². The number of phosphoric ester groups is 1. The molecule has 0 saturated carbocycles. The number of aliphatic hydroxyl groups is 2. The average Bonchev–Trinajstić information content (AvgIpc) is 3.92. The smallest absolute Gasteiger partial charge is 0.462 e. The molecule has 54 heavy (non-hydrogen) atoms. The molecule has 3 N–H and O–H groups in total. The van der Waals surface area contributed by atoms with E-state index in [2.05, 4.69) is 67.0 Å². The van der Waals surface area contributed by atoms with Gasteiger partial charge in [-0.25, -0.2) is 4.57 Å². The van der Waals surface area contributed by atoms with Gasteiger partial charge in [0, 0.05) is 12.8 Å². The number of hydrogen-bond donors (Lipinski definition) is 3. The summed E-state index contributed by atoms with van der Waals surface area (Å²) in [6, 6.07) is 0. The Labute approximate surface area is 326 Å². The van der Waals surface area contributed by atoms with Crippen LogP contribution in [0.2, 0.25) is 0 Å². The normalized spacial score (nSPS) is 18.2. The van der Waals surface area contributed by atoms with Crippen LogP contribution in [0, 0.1) is 0 Å². The van der Waals surface area contributed by atoms with E-state index in [9.17, 15) is 24.2 Å². The molecule has 3 unspecified atom stereocenters. The zero-order valence-corrected chi connectivity index (χ0v) is 34.3. The maximum absolute atomic E-state index is 12.6. The molecule has 0 radical (unpaired) electrons. The molecule has 0 aliphatic carbocycles. The van der Waals surface area contributed by atoms with Gasteiger partial charge in [-0.2, -0.15) is 0 Å². The largest absolute Gasteiger partial charge is 0.472 e. The molecular formula is C42H73O11P. The predicted octanol–water partition coefficient (Wildman–Crippen LogP) is 9.54. The van der Waals surface area contributed by atoms with E-state index >= 15 is 0 Å². The van der Waals surface area contributed by atoms with Gasteiger partial charge in [-0.1, -0.05) is 114 Å². The molecule has 1 fully saturated rings. The molecule has 0 aromatic heterocycles. The third-order valence-electron chi connectivity index (χ3n) is 8.88. The second kappa shape index (κ2) is 34.2. The number of phosphoric acid groups is 1. The number of esters is 2. The van der Waals surface area contributed by atoms with E-state index in [1.165, 1.54) is 38.5 Å². The van der Waals surface area contributed by atoms with Crippen LogP contribution < -0.4 is 0 Å². The minimum atomic E-state index is -4.63. The van der Waals surface area contributed by atoms with E-state index in [4.69, 9.17) is 23.8 Å². The Kier molecular flexibility index (Phi) is 31.6. The SMILES string of the molecule is CCCCC/C=C\C/C=C\C/C=C\CCCCC(=O)OC[C@H](COP(=O)(O)OC[C@@H](O)CO)OC(=O)CCCCCCCC1OC1C/C=C\CCCCC. The summed E-state index contributed by atoms with van der Waals surface area (Å²) in [4.78, 5) is 35.0. The number of allylic oxidation sites excluding steroid dienone is 7. The predicted molar refractivity (Wildman–Crippen MR) is 214 cm³/mol. The Morgan fingerprint density at radius 1 is 0.667 bits per heavy atom. The highest BCUT2D eigenvalue weighted by Gasteiger charge is 2.36. The fourth-order valence-electron chi connectivity index (χ4n) is 5.53. The van der Waals surface area contributed by atoms with E-state index in [-0.39, 0.29) is 19.4 Å². The van der Waals surface area contributed by atoms with Crippen molar-refractivity contribution in [2.24, 2.45) is 0 Å². The van der Waals surface area contributed by atoms with Crippen LogP contribution >= 0.6 is 7.82 Å². The summed E-state index contributed by atoms with van der Waals surface area (Å²) in [6.45, 7) is 2.23. The molecule has 0 aromatic carbocycles. The van der Waals surface area contributed by atoms with Crippen LogP contribution in [0.1, 0.15) is 155 Å². The van der Waals surface area contributed by atoms with E-state index in [0.717, 1.165) is 77.0 Å². The Bertz CT molecular complexity index is 1110. The number of ether oxygens (including phenoxy) is 3. The maximum Gasteiger partial charge on any atom is 0.472 e. The molecule has 0 aromatic rings. The first kappa shape index (κ1) is 49.9. The van der Waals surface area contributed by atoms with Crippen molar-refractivity contribution >= 4 is 19.8 Å². The van der Waals surface area contributed by atoms with E-state index < -0.39 is 51.8 Å². The van der Waals surface area contributed by atoms with Gasteiger partial charge in [0.2, 0.25) is 0 Å². The van der Waals surface area contributed by atoms with Crippen molar-refractivity contribution in [3.63, 3.8) is 0 Å². The van der Waals surface area contributed by atoms with Crippen molar-refractivity contribution in [1.82, 2.24) is 0 Å². The third kappa shape index (κ3) is 31.1. The van der Waals surface area contributed by atoms with Crippen LogP contribution in [0.15, 0.2) is 48.6 Å². The van der Waals surface area contributed by atoms with Gasteiger partial charge in [0.25, 0.3) is 0 Å². The van der Waals surface area contributed by atoms with Gasteiger partial charge < -0.3 is 29.3 Å². The minimum absolute atomic E-state index is 0.151. The first-order chi connectivity index (χ1) is 26.2. The molecule has 12 heteroatoms. The van der Waals surface area contributed by atoms with Crippen LogP contribution in [0.4, 0.5) is 0 Å². The lowest BCUT2D eigenvalue weighted by Crippen LogP contribution is -2.29. The summed E-state index contributed by atoms with van der Waals surface area (Å²) in [5, 5.41) is 18.3. The van der Waals surface area contributed by atoms with Crippen molar-refractivity contribution < 1.29 is 52.5 Å². The Morgan fingerprint density at radius 2 is 1.20 bits per heavy atom. The topological polar surface area (TPSA) is 161 Å². The van der Waals surface area contributed by atoms with Gasteiger partial charge in [-0.15, -0.1) is 0 Å². The number of epoxide rings is 1. The molecule has 0 spiro atoms. The van der Waals surface area contributed by atoms with Gasteiger partial charge in [-0.3, -0.25) is 18.6 Å². The first-order valence-corrected chi connectivity index (χ1v) is 22.2. The average molecular weight is 785 g/mol. The molecule has 1 saturated heterocycles. The highest BCUT2D eigenvalue weighted by atomic mass is 31.2. The van der Waals surface area contributed by atoms with E-state index in [0.29, 0.717) is 25.0 Å². The fraction of sp³-hybridized carbons (Fsp3) is 0.762. The van der Waals surface area contributed by atoms with Crippen molar-refractivity contribution in [1.29, 1.82) is 0 Å². The molecule has 1 rings (SSSR count). The minimum Gasteiger partial charge on any atom is -0.462 e. The Hall–Kier alpha value is -2.11. The highest BCUT2D eigenvalue weighted by Crippen LogP contribution is 2.43. The molecule has 1 aliphatic heterocycles. The quantitative estimate of drug-likeness (QED) is 0.0181.